The molecule has 1 fully saturated rings. The van der Waals surface area contributed by atoms with E-state index in [2.05, 4.69) is 15.1 Å². The molecule has 0 saturated carbocycles. The molecule has 1 saturated heterocycles. The van der Waals surface area contributed by atoms with Gasteiger partial charge in [0.25, 0.3) is 5.91 Å². The van der Waals surface area contributed by atoms with Crippen molar-refractivity contribution in [3.8, 4) is 0 Å². The van der Waals surface area contributed by atoms with E-state index in [9.17, 15) is 9.90 Å². The maximum absolute atomic E-state index is 12.6. The van der Waals surface area contributed by atoms with Gasteiger partial charge in [0.15, 0.2) is 0 Å². The topological polar surface area (TPSA) is 92.4 Å². The number of aliphatic hydroxyl groups excluding tert-OH is 1. The lowest BCUT2D eigenvalue weighted by molar-refractivity contribution is 0.0762. The standard InChI is InChI=1S/C15H18N4O3/c1-9-14(10(2)22-18-9)15(21)19-7-11(13(20)8-19)5-12-6-16-3-4-17-12/h3-4,6,11,13,20H,5,7-8H2,1-2H3/t11-,13-/m1/s1. The van der Waals surface area contributed by atoms with E-state index in [1.165, 1.54) is 0 Å². The van der Waals surface area contributed by atoms with Gasteiger partial charge in [-0.05, 0) is 20.3 Å². The number of β-amino-alcohol motifs (C(OH)–C–C–N with tert-alkyl or cyclic N) is 1. The Bertz CT molecular complexity index is 651. The summed E-state index contributed by atoms with van der Waals surface area (Å²) >= 11 is 0. The second-order valence-electron chi connectivity index (χ2n) is 5.64. The Morgan fingerprint density at radius 3 is 2.86 bits per heavy atom. The molecule has 2 aromatic rings. The average molecular weight is 302 g/mol. The van der Waals surface area contributed by atoms with Crippen molar-refractivity contribution >= 4 is 5.91 Å². The van der Waals surface area contributed by atoms with Gasteiger partial charge in [-0.3, -0.25) is 14.8 Å². The predicted molar refractivity (Wildman–Crippen MR) is 77.1 cm³/mol. The van der Waals surface area contributed by atoms with Crippen molar-refractivity contribution in [2.75, 3.05) is 13.1 Å². The van der Waals surface area contributed by atoms with Gasteiger partial charge in [0.2, 0.25) is 0 Å². The number of aromatic nitrogens is 3. The van der Waals surface area contributed by atoms with Gasteiger partial charge in [-0.25, -0.2) is 0 Å². The molecule has 1 amide bonds. The van der Waals surface area contributed by atoms with Crippen molar-refractivity contribution in [1.29, 1.82) is 0 Å². The zero-order chi connectivity index (χ0) is 15.7. The molecular formula is C15H18N4O3. The first-order valence-corrected chi connectivity index (χ1v) is 7.21. The van der Waals surface area contributed by atoms with E-state index in [1.807, 2.05) is 0 Å². The van der Waals surface area contributed by atoms with Crippen LogP contribution in [0, 0.1) is 19.8 Å². The third-order valence-electron chi connectivity index (χ3n) is 4.03. The van der Waals surface area contributed by atoms with Gasteiger partial charge in [0, 0.05) is 37.6 Å². The highest BCUT2D eigenvalue weighted by Gasteiger charge is 2.36. The Labute approximate surface area is 128 Å². The number of amides is 1. The summed E-state index contributed by atoms with van der Waals surface area (Å²) in [5, 5.41) is 14.0. The summed E-state index contributed by atoms with van der Waals surface area (Å²) in [5.41, 5.74) is 1.89. The summed E-state index contributed by atoms with van der Waals surface area (Å²) < 4.78 is 5.05. The van der Waals surface area contributed by atoms with Crippen LogP contribution in [0.15, 0.2) is 23.1 Å². The zero-order valence-electron chi connectivity index (χ0n) is 12.6. The number of likely N-dealkylation sites (tertiary alicyclic amines) is 1. The number of carbonyl (C=O) groups is 1. The van der Waals surface area contributed by atoms with Crippen LogP contribution in [0.5, 0.6) is 0 Å². The molecule has 3 heterocycles. The van der Waals surface area contributed by atoms with Crippen molar-refractivity contribution in [2.24, 2.45) is 5.92 Å². The maximum Gasteiger partial charge on any atom is 0.259 e. The third kappa shape index (κ3) is 2.71. The van der Waals surface area contributed by atoms with E-state index in [0.29, 0.717) is 36.5 Å². The van der Waals surface area contributed by atoms with Crippen LogP contribution in [-0.2, 0) is 6.42 Å². The molecule has 3 rings (SSSR count). The van der Waals surface area contributed by atoms with Crippen LogP contribution in [0.25, 0.3) is 0 Å². The maximum atomic E-state index is 12.6. The fourth-order valence-corrected chi connectivity index (χ4v) is 2.87. The van der Waals surface area contributed by atoms with Gasteiger partial charge in [-0.15, -0.1) is 0 Å². The van der Waals surface area contributed by atoms with Crippen molar-refractivity contribution in [2.45, 2.75) is 26.4 Å². The van der Waals surface area contributed by atoms with Crippen LogP contribution >= 0.6 is 0 Å². The number of hydrogen-bond donors (Lipinski definition) is 1. The van der Waals surface area contributed by atoms with Gasteiger partial charge in [0.05, 0.1) is 17.5 Å². The third-order valence-corrected chi connectivity index (χ3v) is 4.03. The number of aliphatic hydroxyl groups is 1. The van der Waals surface area contributed by atoms with Gasteiger partial charge >= 0.3 is 0 Å². The first-order valence-electron chi connectivity index (χ1n) is 7.21. The number of aryl methyl sites for hydroxylation is 2. The molecule has 0 unspecified atom stereocenters. The second kappa shape index (κ2) is 5.84. The molecule has 0 bridgehead atoms. The van der Waals surface area contributed by atoms with Crippen LogP contribution in [0.3, 0.4) is 0 Å². The number of hydrogen-bond acceptors (Lipinski definition) is 6. The molecule has 0 aromatic carbocycles. The Balaban J connectivity index is 1.72. The van der Waals surface area contributed by atoms with Crippen LogP contribution in [0.1, 0.15) is 27.5 Å². The minimum atomic E-state index is -0.563. The molecule has 2 aromatic heterocycles. The second-order valence-corrected chi connectivity index (χ2v) is 5.64. The van der Waals surface area contributed by atoms with Gasteiger partial charge in [-0.2, -0.15) is 0 Å². The molecule has 2 atom stereocenters. The van der Waals surface area contributed by atoms with E-state index in [4.69, 9.17) is 4.52 Å². The molecule has 1 aliphatic rings. The van der Waals surface area contributed by atoms with Crippen LogP contribution in [0.2, 0.25) is 0 Å². The minimum absolute atomic E-state index is 0.0406. The fraction of sp³-hybridized carbons (Fsp3) is 0.467. The van der Waals surface area contributed by atoms with E-state index in [0.717, 1.165) is 5.69 Å². The molecular weight excluding hydrogens is 284 g/mol. The molecule has 22 heavy (non-hydrogen) atoms. The van der Waals surface area contributed by atoms with E-state index < -0.39 is 6.10 Å². The van der Waals surface area contributed by atoms with Crippen molar-refractivity contribution in [3.63, 3.8) is 0 Å². The lowest BCUT2D eigenvalue weighted by atomic mass is 10.0. The summed E-state index contributed by atoms with van der Waals surface area (Å²) in [6.07, 6.45) is 4.96. The molecule has 7 heteroatoms. The van der Waals surface area contributed by atoms with Gasteiger partial charge < -0.3 is 14.5 Å². The van der Waals surface area contributed by atoms with E-state index >= 15 is 0 Å². The predicted octanol–water partition coefficient (Wildman–Crippen LogP) is 0.757. The molecule has 0 spiro atoms. The van der Waals surface area contributed by atoms with Crippen LogP contribution in [0.4, 0.5) is 0 Å². The SMILES string of the molecule is Cc1noc(C)c1C(=O)N1C[C@@H](Cc2cnccn2)[C@H](O)C1. The van der Waals surface area contributed by atoms with Crippen molar-refractivity contribution in [1.82, 2.24) is 20.0 Å². The normalized spacial score (nSPS) is 21.3. The zero-order valence-corrected chi connectivity index (χ0v) is 12.6. The van der Waals surface area contributed by atoms with E-state index in [-0.39, 0.29) is 11.8 Å². The number of carbonyl (C=O) groups excluding carboxylic acids is 1. The Morgan fingerprint density at radius 1 is 1.41 bits per heavy atom. The summed E-state index contributed by atoms with van der Waals surface area (Å²) in [7, 11) is 0. The quantitative estimate of drug-likeness (QED) is 0.899. The highest BCUT2D eigenvalue weighted by atomic mass is 16.5. The van der Waals surface area contributed by atoms with Gasteiger partial charge in [-0.1, -0.05) is 5.16 Å². The molecule has 0 radical (unpaired) electrons. The number of nitrogens with zero attached hydrogens (tertiary/aromatic N) is 4. The highest BCUT2D eigenvalue weighted by molar-refractivity contribution is 5.96. The fourth-order valence-electron chi connectivity index (χ4n) is 2.87. The lowest BCUT2D eigenvalue weighted by Crippen LogP contribution is -2.30. The number of rotatable bonds is 3. The first-order chi connectivity index (χ1) is 10.6. The average Bonchev–Trinajstić information content (AvgIpc) is 3.03. The summed E-state index contributed by atoms with van der Waals surface area (Å²) in [4.78, 5) is 22.5. The molecule has 7 nitrogen and oxygen atoms in total. The van der Waals surface area contributed by atoms with Crippen molar-refractivity contribution in [3.05, 3.63) is 41.3 Å². The summed E-state index contributed by atoms with van der Waals surface area (Å²) in [6.45, 7) is 4.26. The lowest BCUT2D eigenvalue weighted by Gasteiger charge is -2.15. The Kier molecular flexibility index (Phi) is 3.89. The summed E-state index contributed by atoms with van der Waals surface area (Å²) in [5.74, 6) is 0.326. The van der Waals surface area contributed by atoms with Crippen LogP contribution in [-0.4, -0.2) is 50.2 Å². The smallest absolute Gasteiger partial charge is 0.259 e. The molecule has 1 N–H and O–H groups in total. The largest absolute Gasteiger partial charge is 0.391 e. The van der Waals surface area contributed by atoms with Crippen molar-refractivity contribution < 1.29 is 14.4 Å². The van der Waals surface area contributed by atoms with Crippen LogP contribution < -0.4 is 0 Å². The highest BCUT2D eigenvalue weighted by Crippen LogP contribution is 2.24. The first kappa shape index (κ1) is 14.6. The molecule has 116 valence electrons. The minimum Gasteiger partial charge on any atom is -0.391 e. The van der Waals surface area contributed by atoms with Gasteiger partial charge in [0.1, 0.15) is 11.3 Å². The molecule has 1 aliphatic heterocycles. The van der Waals surface area contributed by atoms with E-state index in [1.54, 1.807) is 37.3 Å². The molecule has 0 aliphatic carbocycles. The summed E-state index contributed by atoms with van der Waals surface area (Å²) in [6, 6.07) is 0. The Hall–Kier alpha value is -2.28. The Morgan fingerprint density at radius 2 is 2.23 bits per heavy atom. The monoisotopic (exact) mass is 302 g/mol.